The van der Waals surface area contributed by atoms with Crippen molar-refractivity contribution >= 4 is 17.2 Å². The molecule has 0 bridgehead atoms. The van der Waals surface area contributed by atoms with Gasteiger partial charge in [-0.3, -0.25) is 4.79 Å². The summed E-state index contributed by atoms with van der Waals surface area (Å²) in [6.07, 6.45) is 1.56. The second-order valence-corrected chi connectivity index (χ2v) is 4.95. The van der Waals surface area contributed by atoms with Crippen LogP contribution in [0, 0.1) is 0 Å². The second kappa shape index (κ2) is 5.84. The van der Waals surface area contributed by atoms with Gasteiger partial charge in [0.2, 0.25) is 5.91 Å². The van der Waals surface area contributed by atoms with Crippen LogP contribution in [0.2, 0.25) is 0 Å². The van der Waals surface area contributed by atoms with E-state index in [0.29, 0.717) is 6.42 Å². The minimum atomic E-state index is -0.670. The summed E-state index contributed by atoms with van der Waals surface area (Å²) in [7, 11) is 1.87. The average molecular weight is 264 g/mol. The van der Waals surface area contributed by atoms with Crippen LogP contribution in [-0.2, 0) is 18.3 Å². The van der Waals surface area contributed by atoms with E-state index in [0.717, 1.165) is 11.3 Å². The monoisotopic (exact) mass is 264 g/mol. The molecule has 0 saturated heterocycles. The molecular weight excluding hydrogens is 248 g/mol. The Labute approximate surface area is 110 Å². The van der Waals surface area contributed by atoms with Crippen LogP contribution >= 0.6 is 11.3 Å². The molecular formula is C13H16N2O2S. The molecule has 0 spiro atoms. The standard InChI is InChI=1S/C13H16N2O2S/c1-15-5-2-3-11(15)12(16)8-14-13(17)7-10-4-6-18-9-10/h2-6,9,12,16H,7-8H2,1H3,(H,14,17)/t12-/m1/s1. The van der Waals surface area contributed by atoms with Crippen LogP contribution in [0.5, 0.6) is 0 Å². The summed E-state index contributed by atoms with van der Waals surface area (Å²) < 4.78 is 1.84. The number of nitrogens with one attached hydrogen (secondary N) is 1. The fourth-order valence-corrected chi connectivity index (χ4v) is 2.45. The molecule has 0 aliphatic carbocycles. The highest BCUT2D eigenvalue weighted by Gasteiger charge is 2.12. The number of aromatic nitrogens is 1. The van der Waals surface area contributed by atoms with Gasteiger partial charge in [0.15, 0.2) is 0 Å². The molecule has 5 heteroatoms. The Bertz CT molecular complexity index is 505. The number of aryl methyl sites for hydroxylation is 1. The van der Waals surface area contributed by atoms with Gasteiger partial charge in [-0.05, 0) is 34.5 Å². The van der Waals surface area contributed by atoms with Gasteiger partial charge in [0.1, 0.15) is 6.10 Å². The van der Waals surface area contributed by atoms with Gasteiger partial charge >= 0.3 is 0 Å². The van der Waals surface area contributed by atoms with Gasteiger partial charge in [0.05, 0.1) is 6.42 Å². The lowest BCUT2D eigenvalue weighted by atomic mass is 10.2. The Morgan fingerprint density at radius 2 is 2.39 bits per heavy atom. The van der Waals surface area contributed by atoms with E-state index >= 15 is 0 Å². The van der Waals surface area contributed by atoms with Crippen LogP contribution in [0.25, 0.3) is 0 Å². The van der Waals surface area contributed by atoms with Gasteiger partial charge < -0.3 is 15.0 Å². The van der Waals surface area contributed by atoms with E-state index in [1.54, 1.807) is 11.3 Å². The zero-order chi connectivity index (χ0) is 13.0. The smallest absolute Gasteiger partial charge is 0.224 e. The molecule has 2 aromatic rings. The number of hydrogen-bond acceptors (Lipinski definition) is 3. The predicted octanol–water partition coefficient (Wildman–Crippen LogP) is 1.48. The third-order valence-electron chi connectivity index (χ3n) is 2.76. The molecule has 2 aromatic heterocycles. The third-order valence-corrected chi connectivity index (χ3v) is 3.49. The van der Waals surface area contributed by atoms with E-state index < -0.39 is 6.10 Å². The Morgan fingerprint density at radius 1 is 1.56 bits per heavy atom. The quantitative estimate of drug-likeness (QED) is 0.859. The first-order valence-electron chi connectivity index (χ1n) is 5.74. The van der Waals surface area contributed by atoms with Crippen molar-refractivity contribution in [3.63, 3.8) is 0 Å². The van der Waals surface area contributed by atoms with Gasteiger partial charge in [0.25, 0.3) is 0 Å². The van der Waals surface area contributed by atoms with Crippen LogP contribution in [0.15, 0.2) is 35.2 Å². The van der Waals surface area contributed by atoms with Gasteiger partial charge in [0, 0.05) is 25.5 Å². The van der Waals surface area contributed by atoms with Gasteiger partial charge in [-0.1, -0.05) is 0 Å². The van der Waals surface area contributed by atoms with Crippen molar-refractivity contribution in [1.29, 1.82) is 0 Å². The number of aliphatic hydroxyl groups excluding tert-OH is 1. The average Bonchev–Trinajstić information content (AvgIpc) is 2.97. The molecule has 0 radical (unpaired) electrons. The number of amides is 1. The van der Waals surface area contributed by atoms with Crippen molar-refractivity contribution in [2.75, 3.05) is 6.54 Å². The molecule has 0 aromatic carbocycles. The van der Waals surface area contributed by atoms with Crippen molar-refractivity contribution < 1.29 is 9.90 Å². The largest absolute Gasteiger partial charge is 0.385 e. The third kappa shape index (κ3) is 3.21. The maximum Gasteiger partial charge on any atom is 0.224 e. The Kier molecular flexibility index (Phi) is 4.17. The molecule has 0 aliphatic rings. The minimum Gasteiger partial charge on any atom is -0.385 e. The predicted molar refractivity (Wildman–Crippen MR) is 71.4 cm³/mol. The van der Waals surface area contributed by atoms with Crippen LogP contribution in [0.3, 0.4) is 0 Å². The topological polar surface area (TPSA) is 54.3 Å². The molecule has 0 aliphatic heterocycles. The summed E-state index contributed by atoms with van der Waals surface area (Å²) in [5.41, 5.74) is 1.80. The maximum atomic E-state index is 11.6. The number of nitrogens with zero attached hydrogens (tertiary/aromatic N) is 1. The van der Waals surface area contributed by atoms with Crippen molar-refractivity contribution in [2.24, 2.45) is 7.05 Å². The zero-order valence-electron chi connectivity index (χ0n) is 10.2. The molecule has 96 valence electrons. The number of carbonyl (C=O) groups is 1. The van der Waals surface area contributed by atoms with E-state index in [-0.39, 0.29) is 12.5 Å². The molecule has 2 N–H and O–H groups in total. The number of rotatable bonds is 5. The maximum absolute atomic E-state index is 11.6. The molecule has 0 saturated carbocycles. The Morgan fingerprint density at radius 3 is 3.00 bits per heavy atom. The lowest BCUT2D eigenvalue weighted by Crippen LogP contribution is -2.30. The zero-order valence-corrected chi connectivity index (χ0v) is 11.0. The molecule has 0 unspecified atom stereocenters. The molecule has 2 heterocycles. The van der Waals surface area contributed by atoms with Gasteiger partial charge in [-0.15, -0.1) is 0 Å². The van der Waals surface area contributed by atoms with Crippen LogP contribution in [-0.4, -0.2) is 22.1 Å². The summed E-state index contributed by atoms with van der Waals surface area (Å²) >= 11 is 1.57. The minimum absolute atomic E-state index is 0.0679. The lowest BCUT2D eigenvalue weighted by molar-refractivity contribution is -0.120. The first kappa shape index (κ1) is 12.9. The van der Waals surface area contributed by atoms with Crippen LogP contribution < -0.4 is 5.32 Å². The molecule has 18 heavy (non-hydrogen) atoms. The van der Waals surface area contributed by atoms with E-state index in [2.05, 4.69) is 5.32 Å². The highest BCUT2D eigenvalue weighted by atomic mass is 32.1. The van der Waals surface area contributed by atoms with Crippen molar-refractivity contribution in [3.05, 3.63) is 46.4 Å². The lowest BCUT2D eigenvalue weighted by Gasteiger charge is -2.12. The van der Waals surface area contributed by atoms with Crippen molar-refractivity contribution in [3.8, 4) is 0 Å². The summed E-state index contributed by atoms with van der Waals surface area (Å²) in [5, 5.41) is 16.6. The number of thiophene rings is 1. The number of carbonyl (C=O) groups excluding carboxylic acids is 1. The molecule has 1 atom stereocenters. The Hall–Kier alpha value is -1.59. The fourth-order valence-electron chi connectivity index (χ4n) is 1.78. The SMILES string of the molecule is Cn1cccc1[C@H](O)CNC(=O)Cc1ccsc1. The highest BCUT2D eigenvalue weighted by Crippen LogP contribution is 2.11. The summed E-state index contributed by atoms with van der Waals surface area (Å²) in [6, 6.07) is 5.64. The highest BCUT2D eigenvalue weighted by molar-refractivity contribution is 7.07. The van der Waals surface area contributed by atoms with Crippen LogP contribution in [0.1, 0.15) is 17.4 Å². The molecule has 2 rings (SSSR count). The first-order chi connectivity index (χ1) is 8.66. The number of hydrogen-bond donors (Lipinski definition) is 2. The van der Waals surface area contributed by atoms with Gasteiger partial charge in [-0.25, -0.2) is 0 Å². The van der Waals surface area contributed by atoms with Crippen molar-refractivity contribution in [2.45, 2.75) is 12.5 Å². The summed E-state index contributed by atoms with van der Waals surface area (Å²) in [6.45, 7) is 0.237. The molecule has 4 nitrogen and oxygen atoms in total. The number of aliphatic hydroxyl groups is 1. The van der Waals surface area contributed by atoms with E-state index in [4.69, 9.17) is 0 Å². The van der Waals surface area contributed by atoms with E-state index in [1.165, 1.54) is 0 Å². The van der Waals surface area contributed by atoms with E-state index in [9.17, 15) is 9.90 Å². The summed E-state index contributed by atoms with van der Waals surface area (Å²) in [5.74, 6) is -0.0679. The summed E-state index contributed by atoms with van der Waals surface area (Å²) in [4.78, 5) is 11.6. The van der Waals surface area contributed by atoms with Crippen LogP contribution in [0.4, 0.5) is 0 Å². The Balaban J connectivity index is 1.81. The molecule has 0 fully saturated rings. The normalized spacial score (nSPS) is 12.3. The first-order valence-corrected chi connectivity index (χ1v) is 6.68. The van der Waals surface area contributed by atoms with E-state index in [1.807, 2.05) is 46.8 Å². The van der Waals surface area contributed by atoms with Gasteiger partial charge in [-0.2, -0.15) is 11.3 Å². The fraction of sp³-hybridized carbons (Fsp3) is 0.308. The molecule has 1 amide bonds. The second-order valence-electron chi connectivity index (χ2n) is 4.17. The van der Waals surface area contributed by atoms with Crippen molar-refractivity contribution in [1.82, 2.24) is 9.88 Å².